The molecule has 1 fully saturated rings. The summed E-state index contributed by atoms with van der Waals surface area (Å²) in [4.78, 5) is 28.1. The largest absolute Gasteiger partial charge is 0.385 e. The number of para-hydroxylation sites is 2. The minimum Gasteiger partial charge on any atom is -0.385 e. The average molecular weight is 407 g/mol. The number of benzene rings is 1. The monoisotopic (exact) mass is 407 g/mol. The molecule has 0 N–H and O–H groups in total. The van der Waals surface area contributed by atoms with Crippen molar-refractivity contribution in [2.75, 3.05) is 20.3 Å². The summed E-state index contributed by atoms with van der Waals surface area (Å²) < 4.78 is 14.7. The summed E-state index contributed by atoms with van der Waals surface area (Å²) in [7, 11) is 1.69. The fraction of sp³-hybridized carbons (Fsp3) is 0.455. The van der Waals surface area contributed by atoms with Crippen molar-refractivity contribution < 1.29 is 9.47 Å². The van der Waals surface area contributed by atoms with E-state index in [1.807, 2.05) is 35.8 Å². The van der Waals surface area contributed by atoms with Crippen molar-refractivity contribution in [3.05, 3.63) is 40.4 Å². The van der Waals surface area contributed by atoms with Crippen molar-refractivity contribution >= 4 is 33.2 Å². The third-order valence-corrected chi connectivity index (χ3v) is 5.78. The van der Waals surface area contributed by atoms with Gasteiger partial charge in [0.1, 0.15) is 16.7 Å². The summed E-state index contributed by atoms with van der Waals surface area (Å²) in [5.41, 5.74) is 3.44. The van der Waals surface area contributed by atoms with E-state index in [1.165, 1.54) is 0 Å². The minimum atomic E-state index is -0.0759. The standard InChI is InChI=1S/C22H25N5O3/c1-14-23-20-18(22(28)27(14)13-15-7-5-12-30-15)19-21(26(20)10-6-11-29-2)25-17-9-4-3-8-16(17)24-19/h3-4,8-9,15H,5-7,10-13H2,1-2H3. The van der Waals surface area contributed by atoms with E-state index in [-0.39, 0.29) is 11.7 Å². The van der Waals surface area contributed by atoms with Crippen LogP contribution in [0.15, 0.2) is 29.1 Å². The van der Waals surface area contributed by atoms with Crippen LogP contribution in [0.2, 0.25) is 0 Å². The van der Waals surface area contributed by atoms with E-state index in [9.17, 15) is 4.79 Å². The molecular formula is C22H25N5O3. The molecular weight excluding hydrogens is 382 g/mol. The van der Waals surface area contributed by atoms with Gasteiger partial charge in [0.05, 0.1) is 23.7 Å². The van der Waals surface area contributed by atoms with Gasteiger partial charge in [-0.05, 0) is 38.3 Å². The highest BCUT2D eigenvalue weighted by molar-refractivity contribution is 6.04. The number of aromatic nitrogens is 5. The molecule has 30 heavy (non-hydrogen) atoms. The maximum Gasteiger partial charge on any atom is 0.265 e. The average Bonchev–Trinajstić information content (AvgIpc) is 3.36. The maximum absolute atomic E-state index is 13.6. The first-order valence-electron chi connectivity index (χ1n) is 10.4. The number of ether oxygens (including phenoxy) is 2. The second-order valence-electron chi connectivity index (χ2n) is 7.79. The van der Waals surface area contributed by atoms with E-state index in [0.29, 0.717) is 47.7 Å². The lowest BCUT2D eigenvalue weighted by Crippen LogP contribution is -2.29. The summed E-state index contributed by atoms with van der Waals surface area (Å²) in [5.74, 6) is 0.684. The van der Waals surface area contributed by atoms with Gasteiger partial charge < -0.3 is 14.0 Å². The number of aryl methyl sites for hydroxylation is 2. The highest BCUT2D eigenvalue weighted by Gasteiger charge is 2.23. The number of hydrogen-bond acceptors (Lipinski definition) is 6. The molecule has 4 heterocycles. The Morgan fingerprint density at radius 3 is 2.67 bits per heavy atom. The zero-order valence-electron chi connectivity index (χ0n) is 17.3. The Morgan fingerprint density at radius 1 is 1.13 bits per heavy atom. The quantitative estimate of drug-likeness (QED) is 0.457. The first-order chi connectivity index (χ1) is 14.7. The lowest BCUT2D eigenvalue weighted by molar-refractivity contribution is 0.0955. The molecule has 0 bridgehead atoms. The van der Waals surface area contributed by atoms with Crippen LogP contribution in [0.5, 0.6) is 0 Å². The molecule has 1 saturated heterocycles. The third-order valence-electron chi connectivity index (χ3n) is 5.78. The van der Waals surface area contributed by atoms with E-state index in [1.54, 1.807) is 11.7 Å². The summed E-state index contributed by atoms with van der Waals surface area (Å²) in [6.45, 7) is 4.43. The van der Waals surface area contributed by atoms with E-state index < -0.39 is 0 Å². The molecule has 8 nitrogen and oxygen atoms in total. The topological polar surface area (TPSA) is 84.1 Å². The fourth-order valence-corrected chi connectivity index (χ4v) is 4.28. The van der Waals surface area contributed by atoms with Gasteiger partial charge in [-0.3, -0.25) is 9.36 Å². The van der Waals surface area contributed by atoms with E-state index in [2.05, 4.69) is 0 Å². The van der Waals surface area contributed by atoms with Crippen LogP contribution in [-0.2, 0) is 22.6 Å². The van der Waals surface area contributed by atoms with Gasteiger partial charge in [0.2, 0.25) is 0 Å². The maximum atomic E-state index is 13.6. The van der Waals surface area contributed by atoms with Gasteiger partial charge in [0, 0.05) is 26.9 Å². The molecule has 0 spiro atoms. The SMILES string of the molecule is COCCCn1c2nc3ccccc3nc2c2c(=O)n(CC3CCCO3)c(C)nc21. The van der Waals surface area contributed by atoms with Gasteiger partial charge in [0.15, 0.2) is 11.3 Å². The van der Waals surface area contributed by atoms with Gasteiger partial charge in [-0.15, -0.1) is 0 Å². The number of fused-ring (bicyclic) bond motifs is 4. The molecule has 1 unspecified atom stereocenters. The van der Waals surface area contributed by atoms with Crippen LogP contribution in [0.4, 0.5) is 0 Å². The van der Waals surface area contributed by atoms with Crippen LogP contribution in [0.1, 0.15) is 25.1 Å². The minimum absolute atomic E-state index is 0.0580. The highest BCUT2D eigenvalue weighted by atomic mass is 16.5. The Labute approximate surface area is 173 Å². The highest BCUT2D eigenvalue weighted by Crippen LogP contribution is 2.26. The van der Waals surface area contributed by atoms with Crippen LogP contribution < -0.4 is 5.56 Å². The Bertz CT molecular complexity index is 1290. The zero-order valence-corrected chi connectivity index (χ0v) is 17.3. The smallest absolute Gasteiger partial charge is 0.265 e. The Balaban J connectivity index is 1.77. The lowest BCUT2D eigenvalue weighted by Gasteiger charge is -2.14. The van der Waals surface area contributed by atoms with Gasteiger partial charge in [-0.1, -0.05) is 12.1 Å². The molecule has 3 aromatic heterocycles. The van der Waals surface area contributed by atoms with Crippen LogP contribution in [0.25, 0.3) is 33.2 Å². The van der Waals surface area contributed by atoms with E-state index in [0.717, 1.165) is 36.9 Å². The third kappa shape index (κ3) is 3.16. The van der Waals surface area contributed by atoms with Crippen LogP contribution in [-0.4, -0.2) is 50.5 Å². The van der Waals surface area contributed by atoms with Crippen molar-refractivity contribution in [3.63, 3.8) is 0 Å². The van der Waals surface area contributed by atoms with Crippen LogP contribution in [0.3, 0.4) is 0 Å². The fourth-order valence-electron chi connectivity index (χ4n) is 4.28. The molecule has 156 valence electrons. The summed E-state index contributed by atoms with van der Waals surface area (Å²) in [5, 5.41) is 0.532. The Kier molecular flexibility index (Phi) is 4.96. The molecule has 1 aliphatic heterocycles. The van der Waals surface area contributed by atoms with Crippen molar-refractivity contribution in [1.29, 1.82) is 0 Å². The normalized spacial score (nSPS) is 16.9. The van der Waals surface area contributed by atoms with Crippen LogP contribution >= 0.6 is 0 Å². The van der Waals surface area contributed by atoms with Gasteiger partial charge >= 0.3 is 0 Å². The molecule has 1 atom stereocenters. The molecule has 0 aliphatic carbocycles. The summed E-state index contributed by atoms with van der Waals surface area (Å²) in [6, 6.07) is 7.73. The van der Waals surface area contributed by atoms with Gasteiger partial charge in [-0.2, -0.15) is 0 Å². The summed E-state index contributed by atoms with van der Waals surface area (Å²) in [6.07, 6.45) is 2.85. The molecule has 0 amide bonds. The predicted octanol–water partition coefficient (Wildman–Crippen LogP) is 2.82. The first kappa shape index (κ1) is 19.1. The Hall–Kier alpha value is -2.84. The van der Waals surface area contributed by atoms with Gasteiger partial charge in [0.25, 0.3) is 5.56 Å². The molecule has 8 heteroatoms. The van der Waals surface area contributed by atoms with Gasteiger partial charge in [-0.25, -0.2) is 15.0 Å². The molecule has 1 aliphatic rings. The van der Waals surface area contributed by atoms with Crippen molar-refractivity contribution in [3.8, 4) is 0 Å². The molecule has 0 saturated carbocycles. The molecule has 1 aromatic carbocycles. The number of hydrogen-bond donors (Lipinski definition) is 0. The number of rotatable bonds is 6. The predicted molar refractivity (Wildman–Crippen MR) is 115 cm³/mol. The second kappa shape index (κ2) is 7.77. The molecule has 0 radical (unpaired) electrons. The van der Waals surface area contributed by atoms with Crippen LogP contribution in [0, 0.1) is 6.92 Å². The number of methoxy groups -OCH3 is 1. The lowest BCUT2D eigenvalue weighted by atomic mass is 10.2. The zero-order chi connectivity index (χ0) is 20.7. The Morgan fingerprint density at radius 2 is 1.93 bits per heavy atom. The van der Waals surface area contributed by atoms with E-state index >= 15 is 0 Å². The second-order valence-corrected chi connectivity index (χ2v) is 7.79. The molecule has 4 aromatic rings. The first-order valence-corrected chi connectivity index (χ1v) is 10.4. The van der Waals surface area contributed by atoms with Crippen molar-refractivity contribution in [1.82, 2.24) is 24.1 Å². The number of nitrogens with zero attached hydrogens (tertiary/aromatic N) is 5. The van der Waals surface area contributed by atoms with Crippen molar-refractivity contribution in [2.24, 2.45) is 0 Å². The van der Waals surface area contributed by atoms with E-state index in [4.69, 9.17) is 24.4 Å². The van der Waals surface area contributed by atoms with Crippen molar-refractivity contribution in [2.45, 2.75) is 45.4 Å². The molecule has 5 rings (SSSR count). The summed E-state index contributed by atoms with van der Waals surface area (Å²) >= 11 is 0.